The van der Waals surface area contributed by atoms with E-state index < -0.39 is 15.9 Å². The fourth-order valence-electron chi connectivity index (χ4n) is 3.77. The average molecular weight is 485 g/mol. The lowest BCUT2D eigenvalue weighted by atomic mass is 9.97. The zero-order chi connectivity index (χ0) is 22.6. The van der Waals surface area contributed by atoms with Crippen LogP contribution < -0.4 is 10.1 Å². The van der Waals surface area contributed by atoms with Crippen molar-refractivity contribution in [2.45, 2.75) is 31.6 Å². The third-order valence-electron chi connectivity index (χ3n) is 5.47. The fourth-order valence-corrected chi connectivity index (χ4v) is 5.96. The number of piperidine rings is 1. The third kappa shape index (κ3) is 5.92. The molecule has 0 unspecified atom stereocenters. The van der Waals surface area contributed by atoms with Crippen LogP contribution in [0.25, 0.3) is 0 Å². The van der Waals surface area contributed by atoms with Crippen molar-refractivity contribution >= 4 is 39.1 Å². The van der Waals surface area contributed by atoms with Crippen LogP contribution in [-0.4, -0.2) is 38.8 Å². The first-order valence-electron chi connectivity index (χ1n) is 10.1. The summed E-state index contributed by atoms with van der Waals surface area (Å²) in [6.45, 7) is 2.42. The topological polar surface area (TPSA) is 75.7 Å². The van der Waals surface area contributed by atoms with Gasteiger partial charge in [0.05, 0.1) is 24.8 Å². The molecule has 0 aromatic heterocycles. The van der Waals surface area contributed by atoms with E-state index in [-0.39, 0.29) is 24.2 Å². The number of methoxy groups -OCH3 is 1. The number of nitrogens with one attached hydrogen (secondary N) is 1. The lowest BCUT2D eigenvalue weighted by molar-refractivity contribution is -0.126. The molecule has 0 bridgehead atoms. The molecule has 1 amide bonds. The Bertz CT molecular complexity index is 1050. The van der Waals surface area contributed by atoms with Crippen LogP contribution in [0.2, 0.25) is 10.0 Å². The molecular weight excluding hydrogens is 459 g/mol. The molecule has 31 heavy (non-hydrogen) atoms. The standard InChI is InChI=1S/C22H26Cl2N2O4S/c1-15(19-7-3-4-8-21(19)30-2)25-22(27)16-6-5-11-26(13-16)31(28,29)14-17-9-10-18(23)12-20(17)24/h3-4,7-10,12,15-16H,5-6,11,13-14H2,1-2H3,(H,25,27)/t15-,16+/m1/s1. The van der Waals surface area contributed by atoms with Gasteiger partial charge in [0.15, 0.2) is 0 Å². The van der Waals surface area contributed by atoms with Crippen LogP contribution in [0.3, 0.4) is 0 Å². The Morgan fingerprint density at radius 3 is 2.71 bits per heavy atom. The smallest absolute Gasteiger partial charge is 0.224 e. The summed E-state index contributed by atoms with van der Waals surface area (Å²) in [7, 11) is -2.04. The number of halogens is 2. The molecule has 0 spiro atoms. The number of para-hydroxylation sites is 1. The normalized spacial score (nSPS) is 18.4. The molecule has 2 aromatic rings. The molecule has 1 saturated heterocycles. The number of ether oxygens (including phenoxy) is 1. The van der Waals surface area contributed by atoms with Crippen LogP contribution >= 0.6 is 23.2 Å². The minimum absolute atomic E-state index is 0.151. The molecule has 1 aliphatic rings. The summed E-state index contributed by atoms with van der Waals surface area (Å²) in [5, 5.41) is 3.76. The maximum atomic E-state index is 13.0. The lowest BCUT2D eigenvalue weighted by Crippen LogP contribution is -2.46. The van der Waals surface area contributed by atoms with Gasteiger partial charge in [0.1, 0.15) is 5.75 Å². The van der Waals surface area contributed by atoms with Crippen LogP contribution in [0.15, 0.2) is 42.5 Å². The zero-order valence-corrected chi connectivity index (χ0v) is 19.8. The van der Waals surface area contributed by atoms with Crippen LogP contribution in [0, 0.1) is 5.92 Å². The first kappa shape index (κ1) is 23.9. The third-order valence-corrected chi connectivity index (χ3v) is 7.85. The van der Waals surface area contributed by atoms with Crippen molar-refractivity contribution in [3.63, 3.8) is 0 Å². The molecule has 9 heteroatoms. The lowest BCUT2D eigenvalue weighted by Gasteiger charge is -2.32. The second-order valence-electron chi connectivity index (χ2n) is 7.66. The second-order valence-corrected chi connectivity index (χ2v) is 10.5. The summed E-state index contributed by atoms with van der Waals surface area (Å²) in [6.07, 6.45) is 1.26. The highest BCUT2D eigenvalue weighted by molar-refractivity contribution is 7.88. The molecule has 1 N–H and O–H groups in total. The van der Waals surface area contributed by atoms with Crippen molar-refractivity contribution in [2.24, 2.45) is 5.92 Å². The molecule has 1 aliphatic heterocycles. The number of hydrogen-bond donors (Lipinski definition) is 1. The Balaban J connectivity index is 1.67. The predicted octanol–water partition coefficient (Wildman–Crippen LogP) is 4.42. The molecule has 0 radical (unpaired) electrons. The summed E-state index contributed by atoms with van der Waals surface area (Å²) >= 11 is 12.1. The van der Waals surface area contributed by atoms with Gasteiger partial charge in [-0.15, -0.1) is 0 Å². The van der Waals surface area contributed by atoms with E-state index in [4.69, 9.17) is 27.9 Å². The maximum Gasteiger partial charge on any atom is 0.224 e. The van der Waals surface area contributed by atoms with Gasteiger partial charge in [-0.1, -0.05) is 47.5 Å². The van der Waals surface area contributed by atoms with Crippen LogP contribution in [-0.2, 0) is 20.6 Å². The highest BCUT2D eigenvalue weighted by atomic mass is 35.5. The number of carbonyl (C=O) groups is 1. The summed E-state index contributed by atoms with van der Waals surface area (Å²) < 4.78 is 32.7. The molecule has 0 aliphatic carbocycles. The quantitative estimate of drug-likeness (QED) is 0.630. The molecule has 6 nitrogen and oxygen atoms in total. The summed E-state index contributed by atoms with van der Waals surface area (Å²) in [5.41, 5.74) is 1.36. The minimum atomic E-state index is -3.62. The molecule has 0 saturated carbocycles. The Hall–Kier alpha value is -1.80. The summed E-state index contributed by atoms with van der Waals surface area (Å²) in [6, 6.07) is 12.0. The van der Waals surface area contributed by atoms with Gasteiger partial charge in [0.2, 0.25) is 15.9 Å². The van der Waals surface area contributed by atoms with Gasteiger partial charge in [-0.05, 0) is 43.5 Å². The SMILES string of the molecule is COc1ccccc1[C@@H](C)NC(=O)[C@H]1CCCN(S(=O)(=O)Cc2ccc(Cl)cc2Cl)C1. The van der Waals surface area contributed by atoms with Crippen molar-refractivity contribution in [1.82, 2.24) is 9.62 Å². The molecule has 3 rings (SSSR count). The van der Waals surface area contributed by atoms with Crippen molar-refractivity contribution in [1.29, 1.82) is 0 Å². The fraction of sp³-hybridized carbons (Fsp3) is 0.409. The van der Waals surface area contributed by atoms with Crippen molar-refractivity contribution in [3.8, 4) is 5.75 Å². The van der Waals surface area contributed by atoms with Crippen molar-refractivity contribution in [3.05, 3.63) is 63.6 Å². The van der Waals surface area contributed by atoms with Gasteiger partial charge in [0.25, 0.3) is 0 Å². The summed E-state index contributed by atoms with van der Waals surface area (Å²) in [5.74, 6) is -0.109. The van der Waals surface area contributed by atoms with E-state index in [1.54, 1.807) is 19.2 Å². The van der Waals surface area contributed by atoms with E-state index in [2.05, 4.69) is 5.32 Å². The Labute approximate surface area is 193 Å². The van der Waals surface area contributed by atoms with Gasteiger partial charge in [-0.3, -0.25) is 4.79 Å². The van der Waals surface area contributed by atoms with Gasteiger partial charge < -0.3 is 10.1 Å². The molecular formula is C22H26Cl2N2O4S. The molecule has 1 fully saturated rings. The molecule has 2 aromatic carbocycles. The van der Waals surface area contributed by atoms with Crippen LogP contribution in [0.1, 0.15) is 36.9 Å². The number of nitrogens with zero attached hydrogens (tertiary/aromatic N) is 1. The monoisotopic (exact) mass is 484 g/mol. The highest BCUT2D eigenvalue weighted by Crippen LogP contribution is 2.28. The maximum absolute atomic E-state index is 13.0. The van der Waals surface area contributed by atoms with E-state index in [0.717, 1.165) is 5.56 Å². The molecule has 1 heterocycles. The van der Waals surface area contributed by atoms with Gasteiger partial charge in [0, 0.05) is 28.7 Å². The van der Waals surface area contributed by atoms with Crippen molar-refractivity contribution < 1.29 is 17.9 Å². The van der Waals surface area contributed by atoms with Crippen LogP contribution in [0.5, 0.6) is 5.75 Å². The Morgan fingerprint density at radius 2 is 2.00 bits per heavy atom. The number of carbonyl (C=O) groups excluding carboxylic acids is 1. The first-order chi connectivity index (χ1) is 14.7. The summed E-state index contributed by atoms with van der Waals surface area (Å²) in [4.78, 5) is 12.9. The van der Waals surface area contributed by atoms with E-state index in [9.17, 15) is 13.2 Å². The Morgan fingerprint density at radius 1 is 1.26 bits per heavy atom. The predicted molar refractivity (Wildman–Crippen MR) is 123 cm³/mol. The van der Waals surface area contributed by atoms with E-state index >= 15 is 0 Å². The van der Waals surface area contributed by atoms with Crippen LogP contribution in [0.4, 0.5) is 0 Å². The number of hydrogen-bond acceptors (Lipinski definition) is 4. The Kier molecular flexibility index (Phi) is 7.86. The number of rotatable bonds is 7. The minimum Gasteiger partial charge on any atom is -0.496 e. The van der Waals surface area contributed by atoms with E-state index in [1.807, 2.05) is 31.2 Å². The number of sulfonamides is 1. The van der Waals surface area contributed by atoms with Gasteiger partial charge in [-0.25, -0.2) is 12.7 Å². The largest absolute Gasteiger partial charge is 0.496 e. The second kappa shape index (κ2) is 10.2. The first-order valence-corrected chi connectivity index (χ1v) is 12.4. The number of amides is 1. The number of benzene rings is 2. The molecule has 2 atom stereocenters. The molecule has 168 valence electrons. The zero-order valence-electron chi connectivity index (χ0n) is 17.5. The van der Waals surface area contributed by atoms with E-state index in [0.29, 0.717) is 40.7 Å². The van der Waals surface area contributed by atoms with Gasteiger partial charge in [-0.2, -0.15) is 0 Å². The van der Waals surface area contributed by atoms with Crippen molar-refractivity contribution in [2.75, 3.05) is 20.2 Å². The van der Waals surface area contributed by atoms with E-state index in [1.165, 1.54) is 10.4 Å². The highest BCUT2D eigenvalue weighted by Gasteiger charge is 2.33. The average Bonchev–Trinajstić information content (AvgIpc) is 2.75. The van der Waals surface area contributed by atoms with Gasteiger partial charge >= 0.3 is 0 Å².